The lowest BCUT2D eigenvalue weighted by atomic mass is 9.81. The second-order valence-electron chi connectivity index (χ2n) is 5.26. The Balaban J connectivity index is 2.09. The van der Waals surface area contributed by atoms with Gasteiger partial charge in [-0.3, -0.25) is 0 Å². The smallest absolute Gasteiger partial charge is 0.127 e. The number of thioether (sulfide) groups is 1. The van der Waals surface area contributed by atoms with Crippen LogP contribution in [0.2, 0.25) is 0 Å². The summed E-state index contributed by atoms with van der Waals surface area (Å²) in [6.07, 6.45) is 8.23. The van der Waals surface area contributed by atoms with Crippen LogP contribution < -0.4 is 0 Å². The van der Waals surface area contributed by atoms with Gasteiger partial charge in [0.15, 0.2) is 0 Å². The number of allylic oxidation sites excluding steroid dienone is 2. The lowest BCUT2D eigenvalue weighted by Gasteiger charge is -2.28. The van der Waals surface area contributed by atoms with E-state index in [0.717, 1.165) is 31.1 Å². The first-order valence-electron chi connectivity index (χ1n) is 7.22. The minimum absolute atomic E-state index is 0.208. The second kappa shape index (κ2) is 7.09. The maximum Gasteiger partial charge on any atom is 0.127 e. The summed E-state index contributed by atoms with van der Waals surface area (Å²) >= 11 is 1.72. The molecule has 0 aliphatic carbocycles. The quantitative estimate of drug-likeness (QED) is 0.643. The number of aldehydes is 1. The van der Waals surface area contributed by atoms with Crippen molar-refractivity contribution in [2.45, 2.75) is 37.0 Å². The minimum Gasteiger partial charge on any atom is -0.384 e. The van der Waals surface area contributed by atoms with Crippen molar-refractivity contribution in [3.63, 3.8) is 0 Å². The second-order valence-corrected chi connectivity index (χ2v) is 6.49. The third kappa shape index (κ3) is 3.15. The van der Waals surface area contributed by atoms with Gasteiger partial charge in [-0.25, -0.2) is 0 Å². The molecule has 1 saturated heterocycles. The van der Waals surface area contributed by atoms with E-state index in [9.17, 15) is 9.90 Å². The number of carbonyl (C=O) groups excluding carboxylic acids is 1. The van der Waals surface area contributed by atoms with Gasteiger partial charge in [-0.15, -0.1) is 0 Å². The molecule has 1 N–H and O–H groups in total. The number of hydrogen-bond donors (Lipinski definition) is 1. The molecule has 1 aromatic carbocycles. The van der Waals surface area contributed by atoms with Gasteiger partial charge < -0.3 is 9.90 Å². The fourth-order valence-electron chi connectivity index (χ4n) is 2.75. The highest BCUT2D eigenvalue weighted by Crippen LogP contribution is 2.46. The largest absolute Gasteiger partial charge is 0.384 e. The standard InChI is InChI=1S/C17H22O2S/c1-2-3-4-8-11-16-15(12-18)17(19,13-20-16)14-9-6-5-7-10-14/h3-7,9-10,12,15-16,19H,2,8,11,13H2,1H3/b4-3-/t15-,16-,17-/m1/s1. The minimum atomic E-state index is -1.01. The van der Waals surface area contributed by atoms with E-state index in [0.29, 0.717) is 5.75 Å². The van der Waals surface area contributed by atoms with E-state index in [4.69, 9.17) is 0 Å². The molecule has 3 heteroatoms. The molecular formula is C17H22O2S. The van der Waals surface area contributed by atoms with E-state index < -0.39 is 5.60 Å². The molecule has 0 unspecified atom stereocenters. The zero-order chi connectivity index (χ0) is 14.4. The van der Waals surface area contributed by atoms with Crippen LogP contribution in [-0.4, -0.2) is 22.4 Å². The Hall–Kier alpha value is -1.06. The predicted octanol–water partition coefficient (Wildman–Crippen LogP) is 3.55. The summed E-state index contributed by atoms with van der Waals surface area (Å²) in [5, 5.41) is 11.1. The molecule has 0 saturated carbocycles. The van der Waals surface area contributed by atoms with Crippen molar-refractivity contribution in [3.8, 4) is 0 Å². The van der Waals surface area contributed by atoms with E-state index in [1.165, 1.54) is 0 Å². The van der Waals surface area contributed by atoms with Crippen LogP contribution in [-0.2, 0) is 10.4 Å². The van der Waals surface area contributed by atoms with Gasteiger partial charge in [0, 0.05) is 11.0 Å². The first-order chi connectivity index (χ1) is 9.72. The lowest BCUT2D eigenvalue weighted by Crippen LogP contribution is -2.37. The van der Waals surface area contributed by atoms with Crippen molar-refractivity contribution in [2.24, 2.45) is 5.92 Å². The normalized spacial score (nSPS) is 29.9. The van der Waals surface area contributed by atoms with Crippen LogP contribution in [0.3, 0.4) is 0 Å². The average molecular weight is 290 g/mol. The Morgan fingerprint density at radius 2 is 2.10 bits per heavy atom. The molecular weight excluding hydrogens is 268 g/mol. The lowest BCUT2D eigenvalue weighted by molar-refractivity contribution is -0.118. The van der Waals surface area contributed by atoms with Crippen molar-refractivity contribution in [3.05, 3.63) is 48.0 Å². The zero-order valence-electron chi connectivity index (χ0n) is 11.9. The molecule has 1 fully saturated rings. The topological polar surface area (TPSA) is 37.3 Å². The van der Waals surface area contributed by atoms with Crippen molar-refractivity contribution < 1.29 is 9.90 Å². The highest BCUT2D eigenvalue weighted by Gasteiger charge is 2.48. The molecule has 0 spiro atoms. The van der Waals surface area contributed by atoms with Crippen LogP contribution in [0.4, 0.5) is 0 Å². The number of benzene rings is 1. The van der Waals surface area contributed by atoms with Gasteiger partial charge in [0.25, 0.3) is 0 Å². The summed E-state index contributed by atoms with van der Waals surface area (Å²) in [5.74, 6) is 0.285. The SMILES string of the molecule is CC/C=C\CC[C@H]1SC[C@@](O)(c2ccccc2)[C@@H]1C=O. The number of rotatable bonds is 6. The van der Waals surface area contributed by atoms with E-state index in [-0.39, 0.29) is 11.2 Å². The van der Waals surface area contributed by atoms with Gasteiger partial charge in [0.2, 0.25) is 0 Å². The van der Waals surface area contributed by atoms with Gasteiger partial charge in [-0.1, -0.05) is 49.4 Å². The Labute approximate surface area is 125 Å². The van der Waals surface area contributed by atoms with Crippen LogP contribution in [0, 0.1) is 5.92 Å². The van der Waals surface area contributed by atoms with Crippen LogP contribution >= 0.6 is 11.8 Å². The molecule has 2 nitrogen and oxygen atoms in total. The number of carbonyl (C=O) groups is 1. The van der Waals surface area contributed by atoms with Gasteiger partial charge in [0.1, 0.15) is 11.9 Å². The molecule has 1 heterocycles. The molecule has 1 aliphatic rings. The molecule has 0 radical (unpaired) electrons. The van der Waals surface area contributed by atoms with E-state index in [1.807, 2.05) is 30.3 Å². The molecule has 1 aromatic rings. The van der Waals surface area contributed by atoms with Gasteiger partial charge in [-0.2, -0.15) is 11.8 Å². The van der Waals surface area contributed by atoms with Crippen molar-refractivity contribution in [1.82, 2.24) is 0 Å². The zero-order valence-corrected chi connectivity index (χ0v) is 12.7. The van der Waals surface area contributed by atoms with Crippen LogP contribution in [0.15, 0.2) is 42.5 Å². The predicted molar refractivity (Wildman–Crippen MR) is 84.8 cm³/mol. The Kier molecular flexibility index (Phi) is 5.44. The molecule has 0 aromatic heterocycles. The van der Waals surface area contributed by atoms with E-state index in [1.54, 1.807) is 11.8 Å². The summed E-state index contributed by atoms with van der Waals surface area (Å²) in [5.41, 5.74) is -0.150. The van der Waals surface area contributed by atoms with Crippen molar-refractivity contribution in [1.29, 1.82) is 0 Å². The molecule has 2 rings (SSSR count). The van der Waals surface area contributed by atoms with Gasteiger partial charge in [-0.05, 0) is 24.8 Å². The van der Waals surface area contributed by atoms with Gasteiger partial charge >= 0.3 is 0 Å². The maximum atomic E-state index is 11.5. The van der Waals surface area contributed by atoms with Crippen molar-refractivity contribution in [2.75, 3.05) is 5.75 Å². The summed E-state index contributed by atoms with van der Waals surface area (Å²) in [6, 6.07) is 9.58. The highest BCUT2D eigenvalue weighted by atomic mass is 32.2. The van der Waals surface area contributed by atoms with Crippen LogP contribution in [0.1, 0.15) is 31.7 Å². The summed E-state index contributed by atoms with van der Waals surface area (Å²) < 4.78 is 0. The van der Waals surface area contributed by atoms with Crippen LogP contribution in [0.5, 0.6) is 0 Å². The Morgan fingerprint density at radius 3 is 2.75 bits per heavy atom. The summed E-state index contributed by atoms with van der Waals surface area (Å²) in [6.45, 7) is 2.11. The Morgan fingerprint density at radius 1 is 1.35 bits per heavy atom. The molecule has 0 amide bonds. The first-order valence-corrected chi connectivity index (χ1v) is 8.27. The fourth-order valence-corrected chi connectivity index (χ4v) is 4.38. The average Bonchev–Trinajstić information content (AvgIpc) is 2.82. The molecule has 3 atom stereocenters. The van der Waals surface area contributed by atoms with Crippen LogP contribution in [0.25, 0.3) is 0 Å². The third-order valence-electron chi connectivity index (χ3n) is 3.91. The summed E-state index contributed by atoms with van der Waals surface area (Å²) in [4.78, 5) is 11.5. The molecule has 0 bridgehead atoms. The van der Waals surface area contributed by atoms with Crippen molar-refractivity contribution >= 4 is 18.0 Å². The number of hydrogen-bond acceptors (Lipinski definition) is 3. The monoisotopic (exact) mass is 290 g/mol. The highest BCUT2D eigenvalue weighted by molar-refractivity contribution is 8.00. The maximum absolute atomic E-state index is 11.5. The van der Waals surface area contributed by atoms with E-state index in [2.05, 4.69) is 19.1 Å². The number of aliphatic hydroxyl groups is 1. The third-order valence-corrected chi connectivity index (χ3v) is 5.47. The Bertz CT molecular complexity index is 457. The first kappa shape index (κ1) is 15.3. The fraction of sp³-hybridized carbons (Fsp3) is 0.471. The molecule has 108 valence electrons. The molecule has 20 heavy (non-hydrogen) atoms. The van der Waals surface area contributed by atoms with E-state index >= 15 is 0 Å². The molecule has 1 aliphatic heterocycles. The summed E-state index contributed by atoms with van der Waals surface area (Å²) in [7, 11) is 0. The van der Waals surface area contributed by atoms with Gasteiger partial charge in [0.05, 0.1) is 5.92 Å².